The Morgan fingerprint density at radius 3 is 2.70 bits per heavy atom. The first-order chi connectivity index (χ1) is 15.9. The van der Waals surface area contributed by atoms with Gasteiger partial charge in [0, 0.05) is 37.8 Å². The summed E-state index contributed by atoms with van der Waals surface area (Å²) in [7, 11) is 2.12. The lowest BCUT2D eigenvalue weighted by atomic mass is 9.77. The van der Waals surface area contributed by atoms with Gasteiger partial charge in [-0.25, -0.2) is 4.98 Å². The van der Waals surface area contributed by atoms with Crippen LogP contribution in [0.25, 0.3) is 0 Å². The van der Waals surface area contributed by atoms with Gasteiger partial charge in [0.2, 0.25) is 10.8 Å². The molecular weight excluding hydrogens is 436 g/mol. The molecule has 1 unspecified atom stereocenters. The van der Waals surface area contributed by atoms with E-state index in [1.54, 1.807) is 0 Å². The largest absolute Gasteiger partial charge is 0.611 e. The maximum absolute atomic E-state index is 12.6. The highest BCUT2D eigenvalue weighted by atomic mass is 32.2. The predicted molar refractivity (Wildman–Crippen MR) is 130 cm³/mol. The molecule has 6 rings (SSSR count). The summed E-state index contributed by atoms with van der Waals surface area (Å²) in [5, 5.41) is 16.7. The van der Waals surface area contributed by atoms with Gasteiger partial charge in [-0.05, 0) is 42.9 Å². The number of benzene rings is 1. The van der Waals surface area contributed by atoms with Crippen LogP contribution >= 0.6 is 0 Å². The molecule has 1 aromatic heterocycles. The van der Waals surface area contributed by atoms with Crippen molar-refractivity contribution in [3.63, 3.8) is 0 Å². The first-order valence-corrected chi connectivity index (χ1v) is 13.0. The van der Waals surface area contributed by atoms with E-state index in [0.29, 0.717) is 23.9 Å². The molecule has 174 valence electrons. The van der Waals surface area contributed by atoms with Crippen LogP contribution in [0.3, 0.4) is 0 Å². The van der Waals surface area contributed by atoms with Crippen LogP contribution < -0.4 is 15.5 Å². The molecule has 0 amide bonds. The van der Waals surface area contributed by atoms with Crippen LogP contribution in [-0.2, 0) is 23.1 Å². The smallest absolute Gasteiger partial charge is 0.227 e. The molecule has 3 aliphatic heterocycles. The van der Waals surface area contributed by atoms with Gasteiger partial charge >= 0.3 is 0 Å². The van der Waals surface area contributed by atoms with E-state index in [0.717, 1.165) is 60.9 Å². The summed E-state index contributed by atoms with van der Waals surface area (Å²) < 4.78 is 12.6. The summed E-state index contributed by atoms with van der Waals surface area (Å²) >= 11 is -1.09. The van der Waals surface area contributed by atoms with Crippen LogP contribution in [0.2, 0.25) is 0 Å². The van der Waals surface area contributed by atoms with Crippen molar-refractivity contribution < 1.29 is 9.66 Å². The summed E-state index contributed by atoms with van der Waals surface area (Å²) in [5.74, 6) is 2.86. The monoisotopic (exact) mass is 466 g/mol. The zero-order valence-corrected chi connectivity index (χ0v) is 19.7. The standard InChI is InChI=1S/C24H30N6O2S/c1-16-25-18-6-4-3-5-17(18)24(29(16)2)10-12-30(13-11-24)22-26-19-7-14-33(32)20(19)21(27-22)28-23(15-31)8-9-23/h3-6,25,31H,1,7-15H2,2H3,(H,26,27,28). The van der Waals surface area contributed by atoms with Crippen molar-refractivity contribution in [3.05, 3.63) is 47.9 Å². The first-order valence-electron chi connectivity index (χ1n) is 11.7. The number of aliphatic hydroxyl groups is 1. The van der Waals surface area contributed by atoms with Crippen molar-refractivity contribution in [2.24, 2.45) is 0 Å². The number of aliphatic hydroxyl groups excluding tert-OH is 1. The number of fused-ring (bicyclic) bond motifs is 3. The van der Waals surface area contributed by atoms with E-state index in [9.17, 15) is 9.66 Å². The number of aromatic nitrogens is 2. The topological polar surface area (TPSA) is 99.6 Å². The van der Waals surface area contributed by atoms with Crippen molar-refractivity contribution in [3.8, 4) is 0 Å². The quantitative estimate of drug-likeness (QED) is 0.591. The molecule has 2 aromatic rings. The van der Waals surface area contributed by atoms with E-state index in [-0.39, 0.29) is 17.7 Å². The fourth-order valence-electron chi connectivity index (χ4n) is 5.49. The molecule has 1 saturated heterocycles. The van der Waals surface area contributed by atoms with Crippen LogP contribution in [0.15, 0.2) is 41.6 Å². The summed E-state index contributed by atoms with van der Waals surface area (Å²) in [5.41, 5.74) is 2.90. The van der Waals surface area contributed by atoms with E-state index in [4.69, 9.17) is 9.97 Å². The molecule has 2 fully saturated rings. The van der Waals surface area contributed by atoms with Gasteiger partial charge in [-0.3, -0.25) is 0 Å². The number of aryl methyl sites for hydroxylation is 1. The average Bonchev–Trinajstić information content (AvgIpc) is 3.51. The Morgan fingerprint density at radius 1 is 1.21 bits per heavy atom. The van der Waals surface area contributed by atoms with Crippen molar-refractivity contribution in [2.45, 2.75) is 48.1 Å². The van der Waals surface area contributed by atoms with Crippen LogP contribution in [0.4, 0.5) is 17.5 Å². The van der Waals surface area contributed by atoms with Crippen molar-refractivity contribution >= 4 is 28.6 Å². The van der Waals surface area contributed by atoms with Gasteiger partial charge in [0.15, 0.2) is 5.82 Å². The SMILES string of the molecule is C=C1Nc2ccccc2C2(CCN(c3nc4c(c(NC5(CO)CC5)n3)[S+]([O-])CC4)CC2)N1C. The van der Waals surface area contributed by atoms with Gasteiger partial charge in [-0.1, -0.05) is 24.8 Å². The molecule has 0 radical (unpaired) electrons. The maximum Gasteiger partial charge on any atom is 0.227 e. The Morgan fingerprint density at radius 2 is 1.97 bits per heavy atom. The van der Waals surface area contributed by atoms with Crippen LogP contribution in [0, 0.1) is 0 Å². The average molecular weight is 467 g/mol. The van der Waals surface area contributed by atoms with Gasteiger partial charge < -0.3 is 30.1 Å². The second kappa shape index (κ2) is 7.51. The lowest BCUT2D eigenvalue weighted by Crippen LogP contribution is -2.54. The number of anilines is 3. The number of hydrogen-bond donors (Lipinski definition) is 3. The number of para-hydroxylation sites is 1. The van der Waals surface area contributed by atoms with E-state index < -0.39 is 11.2 Å². The fraction of sp³-hybridized carbons (Fsp3) is 0.500. The highest BCUT2D eigenvalue weighted by molar-refractivity contribution is 7.91. The second-order valence-electron chi connectivity index (χ2n) is 9.71. The van der Waals surface area contributed by atoms with Gasteiger partial charge in [0.25, 0.3) is 0 Å². The van der Waals surface area contributed by atoms with E-state index in [2.05, 4.69) is 58.3 Å². The third-order valence-electron chi connectivity index (χ3n) is 7.84. The molecule has 1 atom stereocenters. The number of piperidine rings is 1. The van der Waals surface area contributed by atoms with Gasteiger partial charge in [0.05, 0.1) is 23.5 Å². The molecule has 1 saturated carbocycles. The highest BCUT2D eigenvalue weighted by Crippen LogP contribution is 2.47. The minimum absolute atomic E-state index is 0.0592. The minimum Gasteiger partial charge on any atom is -0.611 e. The maximum atomic E-state index is 12.6. The van der Waals surface area contributed by atoms with Crippen LogP contribution in [0.1, 0.15) is 36.9 Å². The Labute approximate surface area is 197 Å². The summed E-state index contributed by atoms with van der Waals surface area (Å²) in [6, 6.07) is 8.50. The molecule has 8 nitrogen and oxygen atoms in total. The molecule has 4 aliphatic rings. The third-order valence-corrected chi connectivity index (χ3v) is 9.30. The fourth-order valence-corrected chi connectivity index (χ4v) is 6.80. The molecular formula is C24H30N6O2S. The lowest BCUT2D eigenvalue weighted by Gasteiger charge is -2.52. The van der Waals surface area contributed by atoms with Crippen LogP contribution in [-0.4, -0.2) is 62.6 Å². The molecule has 3 N–H and O–H groups in total. The second-order valence-corrected chi connectivity index (χ2v) is 11.2. The number of rotatable bonds is 4. The third kappa shape index (κ3) is 3.28. The van der Waals surface area contributed by atoms with Crippen molar-refractivity contribution in [1.29, 1.82) is 0 Å². The summed E-state index contributed by atoms with van der Waals surface area (Å²) in [4.78, 5) is 15.0. The summed E-state index contributed by atoms with van der Waals surface area (Å²) in [6.45, 7) is 5.94. The van der Waals surface area contributed by atoms with Crippen LogP contribution in [0.5, 0.6) is 0 Å². The Balaban J connectivity index is 1.30. The Hall–Kier alpha value is -2.49. The molecule has 4 heterocycles. The number of nitrogens with one attached hydrogen (secondary N) is 2. The zero-order chi connectivity index (χ0) is 22.8. The molecule has 1 spiro atoms. The zero-order valence-electron chi connectivity index (χ0n) is 18.9. The Bertz CT molecular complexity index is 1110. The Kier molecular flexibility index (Phi) is 4.80. The summed E-state index contributed by atoms with van der Waals surface area (Å²) in [6.07, 6.45) is 4.37. The normalized spacial score (nSPS) is 24.3. The molecule has 1 aliphatic carbocycles. The van der Waals surface area contributed by atoms with Gasteiger partial charge in [-0.2, -0.15) is 4.98 Å². The van der Waals surface area contributed by atoms with Gasteiger partial charge in [-0.15, -0.1) is 0 Å². The van der Waals surface area contributed by atoms with E-state index >= 15 is 0 Å². The minimum atomic E-state index is -1.09. The van der Waals surface area contributed by atoms with Crippen molar-refractivity contribution in [2.75, 3.05) is 48.0 Å². The molecule has 33 heavy (non-hydrogen) atoms. The predicted octanol–water partition coefficient (Wildman–Crippen LogP) is 2.40. The number of hydrogen-bond acceptors (Lipinski definition) is 8. The molecule has 1 aromatic carbocycles. The highest BCUT2D eigenvalue weighted by Gasteiger charge is 2.47. The lowest BCUT2D eigenvalue weighted by molar-refractivity contribution is 0.119. The van der Waals surface area contributed by atoms with Gasteiger partial charge in [0.1, 0.15) is 11.4 Å². The first kappa shape index (κ1) is 21.1. The van der Waals surface area contributed by atoms with Crippen molar-refractivity contribution in [1.82, 2.24) is 14.9 Å². The molecule has 9 heteroatoms. The van der Waals surface area contributed by atoms with E-state index in [1.807, 2.05) is 0 Å². The molecule has 0 bridgehead atoms. The number of nitrogens with zero attached hydrogens (tertiary/aromatic N) is 4. The van der Waals surface area contributed by atoms with E-state index in [1.165, 1.54) is 5.56 Å².